The maximum atomic E-state index is 11.9. The molecule has 0 aliphatic carbocycles. The van der Waals surface area contributed by atoms with E-state index in [4.69, 9.17) is 8.85 Å². The van der Waals surface area contributed by atoms with E-state index in [0.29, 0.717) is 24.3 Å². The van der Waals surface area contributed by atoms with Crippen molar-refractivity contribution < 1.29 is 18.4 Å². The molecule has 0 saturated heterocycles. The molecule has 1 aliphatic heterocycles. The van der Waals surface area contributed by atoms with Gasteiger partial charge in [-0.25, -0.2) is 0 Å². The van der Waals surface area contributed by atoms with Crippen molar-refractivity contribution in [1.29, 1.82) is 0 Å². The fourth-order valence-corrected chi connectivity index (χ4v) is 3.71. The predicted molar refractivity (Wildman–Crippen MR) is 72.9 cm³/mol. The summed E-state index contributed by atoms with van der Waals surface area (Å²) in [5, 5.41) is 0.888. The highest BCUT2D eigenvalue weighted by molar-refractivity contribution is 6.61. The van der Waals surface area contributed by atoms with Crippen LogP contribution in [0.4, 0.5) is 0 Å². The smallest absolute Gasteiger partial charge is 0.355 e. The third-order valence-electron chi connectivity index (χ3n) is 3.02. The van der Waals surface area contributed by atoms with Gasteiger partial charge in [-0.05, 0) is 31.2 Å². The van der Waals surface area contributed by atoms with Gasteiger partial charge >= 0.3 is 9.28 Å². The van der Waals surface area contributed by atoms with Crippen molar-refractivity contribution in [1.82, 2.24) is 4.90 Å². The summed E-state index contributed by atoms with van der Waals surface area (Å²) < 4.78 is 11.2. The first kappa shape index (κ1) is 13.9. The minimum atomic E-state index is -1.98. The molecule has 1 heterocycles. The summed E-state index contributed by atoms with van der Waals surface area (Å²) in [6.45, 7) is 4.96. The third kappa shape index (κ3) is 2.47. The highest BCUT2D eigenvalue weighted by Crippen LogP contribution is 2.20. The van der Waals surface area contributed by atoms with Crippen LogP contribution in [0.2, 0.25) is 0 Å². The van der Waals surface area contributed by atoms with Crippen molar-refractivity contribution in [2.45, 2.75) is 13.8 Å². The van der Waals surface area contributed by atoms with E-state index < -0.39 is 9.28 Å². The number of hydrogen-bond acceptors (Lipinski definition) is 4. The van der Waals surface area contributed by atoms with Crippen molar-refractivity contribution in [2.75, 3.05) is 20.3 Å². The summed E-state index contributed by atoms with van der Waals surface area (Å²) in [5.74, 6) is -0.514. The van der Waals surface area contributed by atoms with E-state index in [2.05, 4.69) is 0 Å². The second-order valence-electron chi connectivity index (χ2n) is 4.22. The normalized spacial score (nSPS) is 14.4. The first-order valence-electron chi connectivity index (χ1n) is 6.29. The maximum absolute atomic E-state index is 11.9. The highest BCUT2D eigenvalue weighted by Gasteiger charge is 2.33. The van der Waals surface area contributed by atoms with Gasteiger partial charge in [0.15, 0.2) is 0 Å². The molecule has 1 aromatic rings. The van der Waals surface area contributed by atoms with E-state index in [-0.39, 0.29) is 11.8 Å². The second kappa shape index (κ2) is 5.64. The molecule has 0 unspecified atom stereocenters. The van der Waals surface area contributed by atoms with Gasteiger partial charge in [-0.3, -0.25) is 14.5 Å². The minimum absolute atomic E-state index is 0.252. The lowest BCUT2D eigenvalue weighted by Gasteiger charge is -2.15. The summed E-state index contributed by atoms with van der Waals surface area (Å²) in [7, 11) is -0.486. The lowest BCUT2D eigenvalue weighted by Crippen LogP contribution is -2.37. The number of amides is 2. The Morgan fingerprint density at radius 2 is 1.63 bits per heavy atom. The van der Waals surface area contributed by atoms with Gasteiger partial charge in [0, 0.05) is 20.3 Å². The molecule has 1 aromatic carbocycles. The van der Waals surface area contributed by atoms with E-state index in [1.807, 2.05) is 19.9 Å². The van der Waals surface area contributed by atoms with E-state index in [9.17, 15) is 9.59 Å². The van der Waals surface area contributed by atoms with Crippen LogP contribution in [0.3, 0.4) is 0 Å². The molecule has 0 fully saturated rings. The van der Waals surface area contributed by atoms with Gasteiger partial charge in [0.2, 0.25) is 0 Å². The van der Waals surface area contributed by atoms with Gasteiger partial charge in [0.1, 0.15) is 0 Å². The van der Waals surface area contributed by atoms with Crippen molar-refractivity contribution >= 4 is 26.3 Å². The Balaban J connectivity index is 2.36. The number of carbonyl (C=O) groups is 2. The van der Waals surface area contributed by atoms with E-state index in [0.717, 1.165) is 10.1 Å². The van der Waals surface area contributed by atoms with E-state index >= 15 is 0 Å². The first-order valence-corrected chi connectivity index (χ1v) is 7.81. The Morgan fingerprint density at radius 1 is 1.05 bits per heavy atom. The monoisotopic (exact) mass is 279 g/mol. The Kier molecular flexibility index (Phi) is 4.13. The predicted octanol–water partition coefficient (Wildman–Crippen LogP) is 0.413. The van der Waals surface area contributed by atoms with Crippen molar-refractivity contribution in [3.63, 3.8) is 0 Å². The topological polar surface area (TPSA) is 55.8 Å². The van der Waals surface area contributed by atoms with Gasteiger partial charge in [-0.1, -0.05) is 6.07 Å². The average Bonchev–Trinajstić information content (AvgIpc) is 2.63. The standard InChI is InChI=1S/C13H17NO4Si/c1-4-17-19(18-5-2)9-6-7-10-11(8-9)13(16)14(3)12(10)15/h6-8,19H,4-5H2,1-3H3. The number of nitrogens with zero attached hydrogens (tertiary/aromatic N) is 1. The molecule has 0 aromatic heterocycles. The first-order chi connectivity index (χ1) is 9.10. The molecular formula is C13H17NO4Si. The molecule has 1 aliphatic rings. The van der Waals surface area contributed by atoms with Crippen LogP contribution in [0, 0.1) is 0 Å². The molecule has 0 atom stereocenters. The highest BCUT2D eigenvalue weighted by atomic mass is 28.3. The molecule has 2 amide bonds. The zero-order valence-corrected chi connectivity index (χ0v) is 12.5. The van der Waals surface area contributed by atoms with Crippen LogP contribution in [0.25, 0.3) is 0 Å². The number of fused-ring (bicyclic) bond motifs is 1. The zero-order chi connectivity index (χ0) is 14.0. The number of rotatable bonds is 5. The molecule has 0 saturated carbocycles. The molecule has 0 bridgehead atoms. The molecule has 102 valence electrons. The molecule has 19 heavy (non-hydrogen) atoms. The van der Waals surface area contributed by atoms with Crippen LogP contribution in [0.5, 0.6) is 0 Å². The second-order valence-corrected chi connectivity index (χ2v) is 6.21. The van der Waals surface area contributed by atoms with Gasteiger partial charge in [0.05, 0.1) is 11.1 Å². The average molecular weight is 279 g/mol. The Bertz CT molecular complexity index is 511. The summed E-state index contributed by atoms with van der Waals surface area (Å²) in [6, 6.07) is 5.25. The van der Waals surface area contributed by atoms with Crippen LogP contribution in [-0.4, -0.2) is 46.3 Å². The molecular weight excluding hydrogens is 262 g/mol. The van der Waals surface area contributed by atoms with Gasteiger partial charge < -0.3 is 8.85 Å². The van der Waals surface area contributed by atoms with Gasteiger partial charge in [-0.2, -0.15) is 0 Å². The summed E-state index contributed by atoms with van der Waals surface area (Å²) in [6.07, 6.45) is 0. The summed E-state index contributed by atoms with van der Waals surface area (Å²) in [4.78, 5) is 24.9. The van der Waals surface area contributed by atoms with E-state index in [1.165, 1.54) is 7.05 Å². The number of imide groups is 1. The van der Waals surface area contributed by atoms with Crippen LogP contribution >= 0.6 is 0 Å². The Morgan fingerprint density at radius 3 is 2.21 bits per heavy atom. The fourth-order valence-electron chi connectivity index (χ4n) is 2.07. The van der Waals surface area contributed by atoms with E-state index in [1.54, 1.807) is 12.1 Å². The lowest BCUT2D eigenvalue weighted by molar-refractivity contribution is 0.0693. The van der Waals surface area contributed by atoms with Crippen LogP contribution < -0.4 is 5.19 Å². The molecule has 0 N–H and O–H groups in total. The fraction of sp³-hybridized carbons (Fsp3) is 0.385. The maximum Gasteiger partial charge on any atom is 0.355 e. The molecule has 2 rings (SSSR count). The Labute approximate surface area is 114 Å². The van der Waals surface area contributed by atoms with Crippen molar-refractivity contribution in [3.8, 4) is 0 Å². The number of benzene rings is 1. The molecule has 5 nitrogen and oxygen atoms in total. The molecule has 0 spiro atoms. The van der Waals surface area contributed by atoms with Gasteiger partial charge in [-0.15, -0.1) is 0 Å². The van der Waals surface area contributed by atoms with Crippen LogP contribution in [-0.2, 0) is 8.85 Å². The minimum Gasteiger partial charge on any atom is -0.394 e. The van der Waals surface area contributed by atoms with Crippen molar-refractivity contribution in [3.05, 3.63) is 29.3 Å². The lowest BCUT2D eigenvalue weighted by atomic mass is 10.1. The largest absolute Gasteiger partial charge is 0.394 e. The van der Waals surface area contributed by atoms with Gasteiger partial charge in [0.25, 0.3) is 11.8 Å². The summed E-state index contributed by atoms with van der Waals surface area (Å²) >= 11 is 0. The number of carbonyl (C=O) groups excluding carboxylic acids is 2. The third-order valence-corrected chi connectivity index (χ3v) is 5.20. The SMILES string of the molecule is CCO[SiH](OCC)c1ccc2c(c1)C(=O)N(C)C2=O. The number of hydrogen-bond donors (Lipinski definition) is 0. The molecule has 0 radical (unpaired) electrons. The zero-order valence-electron chi connectivity index (χ0n) is 11.3. The van der Waals surface area contributed by atoms with Crippen molar-refractivity contribution in [2.24, 2.45) is 0 Å². The summed E-state index contributed by atoms with van der Waals surface area (Å²) in [5.41, 5.74) is 0.902. The van der Waals surface area contributed by atoms with Crippen LogP contribution in [0.15, 0.2) is 18.2 Å². The quantitative estimate of drug-likeness (QED) is 0.579. The Hall–Kier alpha value is -1.50. The van der Waals surface area contributed by atoms with Crippen LogP contribution in [0.1, 0.15) is 34.6 Å². The molecule has 6 heteroatoms.